The Labute approximate surface area is 172 Å². The number of aliphatic carboxylic acids is 1. The van der Waals surface area contributed by atoms with Crippen molar-refractivity contribution in [2.24, 2.45) is 11.5 Å². The van der Waals surface area contributed by atoms with E-state index in [0.717, 1.165) is 0 Å². The van der Waals surface area contributed by atoms with Crippen LogP contribution in [0.3, 0.4) is 0 Å². The van der Waals surface area contributed by atoms with Gasteiger partial charge in [-0.3, -0.25) is 19.2 Å². The van der Waals surface area contributed by atoms with Gasteiger partial charge < -0.3 is 32.5 Å². The lowest BCUT2D eigenvalue weighted by Gasteiger charge is -2.23. The fourth-order valence-corrected chi connectivity index (χ4v) is 2.47. The minimum absolute atomic E-state index is 0.129. The summed E-state index contributed by atoms with van der Waals surface area (Å²) in [6.45, 7) is 0. The molecule has 0 aromatic rings. The van der Waals surface area contributed by atoms with Gasteiger partial charge >= 0.3 is 5.97 Å². The van der Waals surface area contributed by atoms with Gasteiger partial charge in [0.15, 0.2) is 0 Å². The second-order valence-corrected chi connectivity index (χ2v) is 6.44. The molecule has 0 aromatic carbocycles. The van der Waals surface area contributed by atoms with Crippen molar-refractivity contribution < 1.29 is 29.1 Å². The maximum Gasteiger partial charge on any atom is 0.327 e. The number of carbonyl (C=O) groups is 5. The third kappa shape index (κ3) is 9.21. The highest BCUT2D eigenvalue weighted by atomic mass is 32.1. The van der Waals surface area contributed by atoms with E-state index in [9.17, 15) is 24.0 Å². The van der Waals surface area contributed by atoms with Gasteiger partial charge in [0.1, 0.15) is 18.1 Å². The molecular formula is C13H23N5O6S3. The maximum atomic E-state index is 12.3. The standard InChI is InChI=1S/C13H23N5O6S3/c14-5(1-9(15)19)10(20)16-6(2-25)11(21)17-7(3-26)12(22)18-8(4-27)13(23)24/h5-8,25-27H,1-4,14H2,(H2,15,19)(H,16,20)(H,17,21)(H,18,22)(H,23,24). The molecule has 4 unspecified atom stereocenters. The van der Waals surface area contributed by atoms with E-state index in [4.69, 9.17) is 16.6 Å². The Bertz CT molecular complexity index is 579. The fourth-order valence-electron chi connectivity index (χ4n) is 1.71. The number of primary amides is 1. The number of carboxylic acids is 1. The molecule has 0 saturated heterocycles. The molecule has 8 N–H and O–H groups in total. The number of carbonyl (C=O) groups excluding carboxylic acids is 4. The summed E-state index contributed by atoms with van der Waals surface area (Å²) in [5.74, 6) is -4.83. The second kappa shape index (κ2) is 12.7. The third-order valence-corrected chi connectivity index (χ3v) is 4.28. The van der Waals surface area contributed by atoms with Gasteiger partial charge in [-0.2, -0.15) is 37.9 Å². The van der Waals surface area contributed by atoms with Crippen molar-refractivity contribution in [2.75, 3.05) is 17.3 Å². The first-order valence-corrected chi connectivity index (χ1v) is 9.47. The topological polar surface area (TPSA) is 194 Å². The zero-order valence-corrected chi connectivity index (χ0v) is 16.8. The SMILES string of the molecule is NC(=O)CC(N)C(=O)NC(CS)C(=O)NC(CS)C(=O)NC(CS)C(=O)O. The highest BCUT2D eigenvalue weighted by Crippen LogP contribution is 1.98. The quantitative estimate of drug-likeness (QED) is 0.140. The van der Waals surface area contributed by atoms with Crippen LogP contribution < -0.4 is 27.4 Å². The second-order valence-electron chi connectivity index (χ2n) is 5.35. The maximum absolute atomic E-state index is 12.3. The van der Waals surface area contributed by atoms with Crippen LogP contribution in [0, 0.1) is 0 Å². The molecule has 0 aliphatic carbocycles. The molecule has 4 atom stereocenters. The van der Waals surface area contributed by atoms with E-state index >= 15 is 0 Å². The van der Waals surface area contributed by atoms with Crippen LogP contribution in [0.25, 0.3) is 0 Å². The highest BCUT2D eigenvalue weighted by Gasteiger charge is 2.29. The van der Waals surface area contributed by atoms with Crippen molar-refractivity contribution in [3.05, 3.63) is 0 Å². The highest BCUT2D eigenvalue weighted by molar-refractivity contribution is 7.80. The molecular weight excluding hydrogens is 418 g/mol. The van der Waals surface area contributed by atoms with Crippen LogP contribution in [0.2, 0.25) is 0 Å². The number of nitrogens with one attached hydrogen (secondary N) is 3. The van der Waals surface area contributed by atoms with Crippen molar-refractivity contribution in [1.29, 1.82) is 0 Å². The summed E-state index contributed by atoms with van der Waals surface area (Å²) >= 11 is 11.7. The molecule has 0 heterocycles. The van der Waals surface area contributed by atoms with Gasteiger partial charge in [0.25, 0.3) is 0 Å². The largest absolute Gasteiger partial charge is 0.480 e. The summed E-state index contributed by atoms with van der Waals surface area (Å²) < 4.78 is 0. The van der Waals surface area contributed by atoms with Crippen molar-refractivity contribution in [1.82, 2.24) is 16.0 Å². The third-order valence-electron chi connectivity index (χ3n) is 3.19. The Kier molecular flexibility index (Phi) is 11.9. The van der Waals surface area contributed by atoms with E-state index in [1.807, 2.05) is 0 Å². The van der Waals surface area contributed by atoms with Crippen LogP contribution >= 0.6 is 37.9 Å². The molecule has 0 aliphatic rings. The average Bonchev–Trinajstić information content (AvgIpc) is 2.60. The molecule has 4 amide bonds. The average molecular weight is 442 g/mol. The molecule has 0 rings (SSSR count). The predicted molar refractivity (Wildman–Crippen MR) is 107 cm³/mol. The van der Waals surface area contributed by atoms with E-state index in [-0.39, 0.29) is 17.3 Å². The minimum atomic E-state index is -1.29. The number of rotatable bonds is 12. The van der Waals surface area contributed by atoms with Gasteiger partial charge in [0, 0.05) is 17.3 Å². The van der Waals surface area contributed by atoms with Crippen molar-refractivity contribution >= 4 is 67.5 Å². The van der Waals surface area contributed by atoms with Gasteiger partial charge in [-0.25, -0.2) is 4.79 Å². The Balaban J connectivity index is 4.91. The van der Waals surface area contributed by atoms with Crippen LogP contribution in [0.5, 0.6) is 0 Å². The molecule has 154 valence electrons. The van der Waals surface area contributed by atoms with E-state index < -0.39 is 60.2 Å². The monoisotopic (exact) mass is 441 g/mol. The summed E-state index contributed by atoms with van der Waals surface area (Å²) in [5.41, 5.74) is 10.4. The van der Waals surface area contributed by atoms with Gasteiger partial charge in [0.2, 0.25) is 23.6 Å². The van der Waals surface area contributed by atoms with Gasteiger partial charge in [-0.15, -0.1) is 0 Å². The van der Waals surface area contributed by atoms with E-state index in [0.29, 0.717) is 0 Å². The summed E-state index contributed by atoms with van der Waals surface area (Å²) in [4.78, 5) is 58.0. The predicted octanol–water partition coefficient (Wildman–Crippen LogP) is -3.48. The molecule has 0 aromatic heterocycles. The number of amides is 4. The van der Waals surface area contributed by atoms with Crippen LogP contribution in [0.4, 0.5) is 0 Å². The molecule has 0 bridgehead atoms. The molecule has 11 nitrogen and oxygen atoms in total. The fraction of sp³-hybridized carbons (Fsp3) is 0.615. The Morgan fingerprint density at radius 3 is 1.48 bits per heavy atom. The molecule has 0 fully saturated rings. The number of nitrogens with two attached hydrogens (primary N) is 2. The lowest BCUT2D eigenvalue weighted by atomic mass is 10.1. The normalized spacial score (nSPS) is 15.0. The molecule has 0 spiro atoms. The molecule has 0 radical (unpaired) electrons. The lowest BCUT2D eigenvalue weighted by molar-refractivity contribution is -0.141. The first-order valence-electron chi connectivity index (χ1n) is 7.57. The molecule has 14 heteroatoms. The summed E-state index contributed by atoms with van der Waals surface area (Å²) in [7, 11) is 0. The van der Waals surface area contributed by atoms with Gasteiger partial charge in [-0.1, -0.05) is 0 Å². The Morgan fingerprint density at radius 2 is 1.15 bits per heavy atom. The zero-order valence-electron chi connectivity index (χ0n) is 14.1. The van der Waals surface area contributed by atoms with Crippen molar-refractivity contribution in [2.45, 2.75) is 30.6 Å². The molecule has 0 saturated carbocycles. The van der Waals surface area contributed by atoms with Crippen LogP contribution in [0.15, 0.2) is 0 Å². The zero-order chi connectivity index (χ0) is 21.1. The smallest absolute Gasteiger partial charge is 0.327 e. The van der Waals surface area contributed by atoms with Crippen molar-refractivity contribution in [3.8, 4) is 0 Å². The number of hydrogen-bond donors (Lipinski definition) is 9. The molecule has 27 heavy (non-hydrogen) atoms. The Hall–Kier alpha value is -1.64. The van der Waals surface area contributed by atoms with E-state index in [1.54, 1.807) is 0 Å². The molecule has 0 aliphatic heterocycles. The lowest BCUT2D eigenvalue weighted by Crippen LogP contribution is -2.58. The van der Waals surface area contributed by atoms with Crippen LogP contribution in [-0.2, 0) is 24.0 Å². The van der Waals surface area contributed by atoms with Crippen LogP contribution in [-0.4, -0.2) is 76.1 Å². The Morgan fingerprint density at radius 1 is 0.778 bits per heavy atom. The summed E-state index contributed by atoms with van der Waals surface area (Å²) in [6.07, 6.45) is -0.408. The summed E-state index contributed by atoms with van der Waals surface area (Å²) in [6, 6.07) is -4.81. The number of carboxylic acid groups (broad SMARTS) is 1. The van der Waals surface area contributed by atoms with E-state index in [2.05, 4.69) is 53.8 Å². The van der Waals surface area contributed by atoms with Crippen molar-refractivity contribution in [3.63, 3.8) is 0 Å². The first kappa shape index (κ1) is 25.4. The minimum Gasteiger partial charge on any atom is -0.480 e. The van der Waals surface area contributed by atoms with Gasteiger partial charge in [-0.05, 0) is 0 Å². The number of thiol groups is 3. The number of hydrogen-bond acceptors (Lipinski definition) is 9. The van der Waals surface area contributed by atoms with Crippen LogP contribution in [0.1, 0.15) is 6.42 Å². The summed E-state index contributed by atoms with van der Waals surface area (Å²) in [5, 5.41) is 15.7. The van der Waals surface area contributed by atoms with E-state index in [1.165, 1.54) is 0 Å². The first-order chi connectivity index (χ1) is 12.6. The van der Waals surface area contributed by atoms with Gasteiger partial charge in [0.05, 0.1) is 12.5 Å².